The highest BCUT2D eigenvalue weighted by Crippen LogP contribution is 2.35. The Morgan fingerprint density at radius 3 is 2.96 bits per heavy atom. The van der Waals surface area contributed by atoms with Crippen molar-refractivity contribution in [1.82, 2.24) is 0 Å². The lowest BCUT2D eigenvalue weighted by Crippen LogP contribution is -2.36. The molecule has 26 heavy (non-hydrogen) atoms. The standard InChI is InChI=1S/C19H22N2O4S/c1-26-8-7-16(20)19(22)21-14-4-2-3-13(9-14)11-23-15-5-6-17-18(10-15)25-12-24-17/h2-6,9-10,16H,7-8,11-12,20H2,1H3,(H,21,22)/t16-/m0/s1. The molecule has 138 valence electrons. The van der Waals surface area contributed by atoms with Crippen LogP contribution in [0.25, 0.3) is 0 Å². The quantitative estimate of drug-likeness (QED) is 0.739. The molecule has 0 spiro atoms. The van der Waals surface area contributed by atoms with Crippen molar-refractivity contribution in [2.45, 2.75) is 19.1 Å². The summed E-state index contributed by atoms with van der Waals surface area (Å²) in [6, 6.07) is 12.5. The molecule has 3 rings (SSSR count). The molecule has 6 nitrogen and oxygen atoms in total. The number of benzene rings is 2. The predicted octanol–water partition coefficient (Wildman–Crippen LogP) is 3.01. The van der Waals surface area contributed by atoms with Gasteiger partial charge in [0.25, 0.3) is 0 Å². The van der Waals surface area contributed by atoms with Crippen molar-refractivity contribution in [3.8, 4) is 17.2 Å². The fraction of sp³-hybridized carbons (Fsp3) is 0.316. The molecule has 0 saturated heterocycles. The van der Waals surface area contributed by atoms with E-state index in [0.29, 0.717) is 30.2 Å². The lowest BCUT2D eigenvalue weighted by Gasteiger charge is -2.13. The molecule has 0 aromatic heterocycles. The van der Waals surface area contributed by atoms with E-state index >= 15 is 0 Å². The van der Waals surface area contributed by atoms with Crippen LogP contribution in [0.4, 0.5) is 5.69 Å². The zero-order valence-electron chi connectivity index (χ0n) is 14.6. The Balaban J connectivity index is 1.56. The van der Waals surface area contributed by atoms with Crippen LogP contribution in [-0.2, 0) is 11.4 Å². The van der Waals surface area contributed by atoms with Crippen LogP contribution < -0.4 is 25.3 Å². The molecule has 1 aliphatic heterocycles. The molecule has 1 amide bonds. The first-order chi connectivity index (χ1) is 12.7. The first-order valence-corrected chi connectivity index (χ1v) is 9.72. The molecule has 0 bridgehead atoms. The van der Waals surface area contributed by atoms with E-state index in [-0.39, 0.29) is 12.7 Å². The largest absolute Gasteiger partial charge is 0.489 e. The maximum absolute atomic E-state index is 12.1. The summed E-state index contributed by atoms with van der Waals surface area (Å²) >= 11 is 1.67. The van der Waals surface area contributed by atoms with Crippen molar-refractivity contribution < 1.29 is 19.0 Å². The Labute approximate surface area is 157 Å². The van der Waals surface area contributed by atoms with E-state index in [9.17, 15) is 4.79 Å². The molecule has 2 aromatic carbocycles. The number of hydrogen-bond donors (Lipinski definition) is 2. The van der Waals surface area contributed by atoms with Gasteiger partial charge in [-0.3, -0.25) is 4.79 Å². The maximum atomic E-state index is 12.1. The Bertz CT molecular complexity index is 769. The Morgan fingerprint density at radius 1 is 1.27 bits per heavy atom. The van der Waals surface area contributed by atoms with Crippen LogP contribution in [0.5, 0.6) is 17.2 Å². The van der Waals surface area contributed by atoms with Crippen molar-refractivity contribution in [2.75, 3.05) is 24.1 Å². The number of rotatable bonds is 8. The second-order valence-electron chi connectivity index (χ2n) is 5.88. The average molecular weight is 374 g/mol. The molecular formula is C19H22N2O4S. The maximum Gasteiger partial charge on any atom is 0.241 e. The predicted molar refractivity (Wildman–Crippen MR) is 103 cm³/mol. The molecule has 3 N–H and O–H groups in total. The van der Waals surface area contributed by atoms with Gasteiger partial charge >= 0.3 is 0 Å². The van der Waals surface area contributed by atoms with Crippen LogP contribution in [0.2, 0.25) is 0 Å². The number of amides is 1. The molecule has 0 saturated carbocycles. The number of carbonyl (C=O) groups is 1. The summed E-state index contributed by atoms with van der Waals surface area (Å²) in [6.07, 6.45) is 2.65. The smallest absolute Gasteiger partial charge is 0.241 e. The normalized spacial score (nSPS) is 13.3. The minimum atomic E-state index is -0.504. The Kier molecular flexibility index (Phi) is 6.25. The van der Waals surface area contributed by atoms with Crippen LogP contribution in [0.3, 0.4) is 0 Å². The Morgan fingerprint density at radius 2 is 2.12 bits per heavy atom. The fourth-order valence-corrected chi connectivity index (χ4v) is 2.97. The fourth-order valence-electron chi connectivity index (χ4n) is 2.48. The van der Waals surface area contributed by atoms with E-state index in [2.05, 4.69) is 5.32 Å². The highest BCUT2D eigenvalue weighted by molar-refractivity contribution is 7.98. The zero-order chi connectivity index (χ0) is 18.4. The third kappa shape index (κ3) is 4.83. The van der Waals surface area contributed by atoms with E-state index in [4.69, 9.17) is 19.9 Å². The highest BCUT2D eigenvalue weighted by atomic mass is 32.2. The topological polar surface area (TPSA) is 82.8 Å². The number of anilines is 1. The SMILES string of the molecule is CSCC[C@H](N)C(=O)Nc1cccc(COc2ccc3c(c2)OCO3)c1. The van der Waals surface area contributed by atoms with Gasteiger partial charge in [-0.15, -0.1) is 0 Å². The number of hydrogen-bond acceptors (Lipinski definition) is 6. The van der Waals surface area contributed by atoms with Gasteiger partial charge in [0.1, 0.15) is 12.4 Å². The van der Waals surface area contributed by atoms with Crippen LogP contribution in [-0.4, -0.2) is 30.8 Å². The summed E-state index contributed by atoms with van der Waals surface area (Å²) in [5, 5.41) is 2.86. The van der Waals surface area contributed by atoms with Crippen LogP contribution in [0, 0.1) is 0 Å². The number of fused-ring (bicyclic) bond motifs is 1. The summed E-state index contributed by atoms with van der Waals surface area (Å²) in [6.45, 7) is 0.613. The van der Waals surface area contributed by atoms with E-state index in [1.807, 2.05) is 42.7 Å². The molecule has 1 aliphatic rings. The number of nitrogens with one attached hydrogen (secondary N) is 1. The molecule has 0 unspecified atom stereocenters. The van der Waals surface area contributed by atoms with Crippen molar-refractivity contribution in [3.05, 3.63) is 48.0 Å². The third-order valence-electron chi connectivity index (χ3n) is 3.91. The number of ether oxygens (including phenoxy) is 3. The Hall–Kier alpha value is -2.38. The molecule has 0 fully saturated rings. The second kappa shape index (κ2) is 8.82. The monoisotopic (exact) mass is 374 g/mol. The number of nitrogens with two attached hydrogens (primary N) is 1. The van der Waals surface area contributed by atoms with Crippen molar-refractivity contribution in [3.63, 3.8) is 0 Å². The van der Waals surface area contributed by atoms with Gasteiger partial charge in [0.15, 0.2) is 11.5 Å². The van der Waals surface area contributed by atoms with Gasteiger partial charge in [0.05, 0.1) is 6.04 Å². The molecule has 1 heterocycles. The molecule has 0 radical (unpaired) electrons. The van der Waals surface area contributed by atoms with Gasteiger partial charge in [0, 0.05) is 11.8 Å². The summed E-state index contributed by atoms with van der Waals surface area (Å²) in [5.74, 6) is 2.79. The van der Waals surface area contributed by atoms with Crippen LogP contribution in [0.15, 0.2) is 42.5 Å². The number of carbonyl (C=O) groups excluding carboxylic acids is 1. The van der Waals surface area contributed by atoms with E-state index in [1.165, 1.54) is 0 Å². The van der Waals surface area contributed by atoms with Gasteiger partial charge in [-0.25, -0.2) is 0 Å². The molecule has 7 heteroatoms. The minimum absolute atomic E-state index is 0.173. The summed E-state index contributed by atoms with van der Waals surface area (Å²) in [5.41, 5.74) is 7.55. The second-order valence-corrected chi connectivity index (χ2v) is 6.87. The van der Waals surface area contributed by atoms with Crippen LogP contribution >= 0.6 is 11.8 Å². The molecule has 0 aliphatic carbocycles. The van der Waals surface area contributed by atoms with Gasteiger partial charge in [-0.1, -0.05) is 12.1 Å². The summed E-state index contributed by atoms with van der Waals surface area (Å²) in [4.78, 5) is 12.1. The van der Waals surface area contributed by atoms with Crippen molar-refractivity contribution in [1.29, 1.82) is 0 Å². The lowest BCUT2D eigenvalue weighted by atomic mass is 10.2. The van der Waals surface area contributed by atoms with E-state index in [0.717, 1.165) is 17.1 Å². The van der Waals surface area contributed by atoms with Crippen molar-refractivity contribution >= 4 is 23.4 Å². The molecular weight excluding hydrogens is 352 g/mol. The van der Waals surface area contributed by atoms with Gasteiger partial charge in [0.2, 0.25) is 12.7 Å². The minimum Gasteiger partial charge on any atom is -0.489 e. The first kappa shape index (κ1) is 18.4. The summed E-state index contributed by atoms with van der Waals surface area (Å²) < 4.78 is 16.4. The van der Waals surface area contributed by atoms with Crippen molar-refractivity contribution in [2.24, 2.45) is 5.73 Å². The zero-order valence-corrected chi connectivity index (χ0v) is 15.4. The highest BCUT2D eigenvalue weighted by Gasteiger charge is 2.14. The van der Waals surface area contributed by atoms with E-state index in [1.54, 1.807) is 17.8 Å². The van der Waals surface area contributed by atoms with E-state index < -0.39 is 6.04 Å². The van der Waals surface area contributed by atoms with Gasteiger partial charge in [-0.2, -0.15) is 11.8 Å². The van der Waals surface area contributed by atoms with Gasteiger partial charge < -0.3 is 25.3 Å². The average Bonchev–Trinajstić information content (AvgIpc) is 3.12. The third-order valence-corrected chi connectivity index (χ3v) is 4.56. The molecule has 2 aromatic rings. The summed E-state index contributed by atoms with van der Waals surface area (Å²) in [7, 11) is 0. The molecule has 1 atom stereocenters. The van der Waals surface area contributed by atoms with Gasteiger partial charge in [-0.05, 0) is 48.3 Å². The van der Waals surface area contributed by atoms with Crippen LogP contribution in [0.1, 0.15) is 12.0 Å². The first-order valence-electron chi connectivity index (χ1n) is 8.32. The lowest BCUT2D eigenvalue weighted by molar-refractivity contribution is -0.117. The number of thioether (sulfide) groups is 1.